The molecule has 2 rings (SSSR count). The number of hydrogen-bond donors (Lipinski definition) is 3. The number of nitrogens with zero attached hydrogens (tertiary/aromatic N) is 3. The molecule has 62 valence electrons. The summed E-state index contributed by atoms with van der Waals surface area (Å²) in [4.78, 5) is 14.3. The first-order valence-electron chi connectivity index (χ1n) is 3.40. The number of rotatable bonds is 1. The molecule has 0 aliphatic rings. The smallest absolute Gasteiger partial charge is 0.241 e. The van der Waals surface area contributed by atoms with Crippen LogP contribution in [-0.4, -0.2) is 25.0 Å². The number of fused-ring (bicyclic) bond motifs is 1. The lowest BCUT2D eigenvalue weighted by Gasteiger charge is -1.96. The van der Waals surface area contributed by atoms with Crippen molar-refractivity contribution >= 4 is 11.2 Å². The van der Waals surface area contributed by atoms with E-state index < -0.39 is 0 Å². The van der Waals surface area contributed by atoms with Gasteiger partial charge >= 0.3 is 0 Å². The highest BCUT2D eigenvalue weighted by molar-refractivity contribution is 5.74. The molecule has 0 radical (unpaired) electrons. The minimum absolute atomic E-state index is 0.113. The van der Waals surface area contributed by atoms with Crippen LogP contribution < -0.4 is 5.73 Å². The summed E-state index contributed by atoms with van der Waals surface area (Å²) in [5.74, 6) is 0.269. The topological polar surface area (TPSA) is 101 Å². The molecule has 0 saturated carbocycles. The Labute approximate surface area is 67.5 Å². The summed E-state index contributed by atoms with van der Waals surface area (Å²) in [6.07, 6.45) is 1.44. The average molecular weight is 165 g/mol. The normalized spacial score (nSPS) is 10.8. The quantitative estimate of drug-likeness (QED) is 0.529. The van der Waals surface area contributed by atoms with Crippen molar-refractivity contribution in [1.82, 2.24) is 19.9 Å². The van der Waals surface area contributed by atoms with Crippen molar-refractivity contribution in [3.05, 3.63) is 12.2 Å². The second-order valence-corrected chi connectivity index (χ2v) is 2.27. The molecule has 0 saturated heterocycles. The molecule has 6 heteroatoms. The fourth-order valence-corrected chi connectivity index (χ4v) is 0.953. The number of nitrogens with one attached hydrogen (secondary N) is 1. The largest absolute Gasteiger partial charge is 0.492 e. The molecule has 2 heterocycles. The molecular weight excluding hydrogens is 158 g/mol. The molecule has 0 aliphatic carbocycles. The van der Waals surface area contributed by atoms with Gasteiger partial charge < -0.3 is 15.8 Å². The third kappa shape index (κ3) is 0.892. The third-order valence-electron chi connectivity index (χ3n) is 1.50. The van der Waals surface area contributed by atoms with Gasteiger partial charge in [-0.2, -0.15) is 4.98 Å². The number of aromatic nitrogens is 4. The molecule has 4 N–H and O–H groups in total. The Morgan fingerprint density at radius 3 is 3.08 bits per heavy atom. The van der Waals surface area contributed by atoms with Crippen molar-refractivity contribution in [2.45, 2.75) is 6.54 Å². The summed E-state index contributed by atoms with van der Waals surface area (Å²) < 4.78 is 0. The lowest BCUT2D eigenvalue weighted by molar-refractivity contribution is 0.455. The Kier molecular flexibility index (Phi) is 1.41. The van der Waals surface area contributed by atoms with Gasteiger partial charge in [-0.25, -0.2) is 9.97 Å². The SMILES string of the molecule is NCc1nc(O)c2[nH]cnc2n1. The van der Waals surface area contributed by atoms with Crippen LogP contribution in [0.3, 0.4) is 0 Å². The van der Waals surface area contributed by atoms with E-state index in [1.807, 2.05) is 0 Å². The molecule has 0 atom stereocenters. The van der Waals surface area contributed by atoms with Gasteiger partial charge in [-0.05, 0) is 0 Å². The summed E-state index contributed by atoms with van der Waals surface area (Å²) in [5, 5.41) is 9.29. The maximum absolute atomic E-state index is 9.29. The predicted molar refractivity (Wildman–Crippen MR) is 41.2 cm³/mol. The first-order chi connectivity index (χ1) is 5.81. The number of aromatic hydroxyl groups is 1. The van der Waals surface area contributed by atoms with Crippen LogP contribution >= 0.6 is 0 Å². The Bertz CT molecular complexity index is 409. The molecule has 2 aromatic rings. The Balaban J connectivity index is 2.75. The minimum atomic E-state index is -0.113. The molecule has 6 nitrogen and oxygen atoms in total. The lowest BCUT2D eigenvalue weighted by Crippen LogP contribution is -2.02. The Morgan fingerprint density at radius 2 is 2.33 bits per heavy atom. The highest BCUT2D eigenvalue weighted by Crippen LogP contribution is 2.16. The summed E-state index contributed by atoms with van der Waals surface area (Å²) in [6, 6.07) is 0. The van der Waals surface area contributed by atoms with E-state index in [0.29, 0.717) is 17.0 Å². The molecule has 2 aromatic heterocycles. The molecule has 0 bridgehead atoms. The van der Waals surface area contributed by atoms with Crippen LogP contribution in [0.25, 0.3) is 11.2 Å². The van der Waals surface area contributed by atoms with Crippen LogP contribution in [0.1, 0.15) is 5.82 Å². The third-order valence-corrected chi connectivity index (χ3v) is 1.50. The van der Waals surface area contributed by atoms with Gasteiger partial charge in [0.25, 0.3) is 0 Å². The van der Waals surface area contributed by atoms with E-state index in [9.17, 15) is 5.11 Å². The summed E-state index contributed by atoms with van der Waals surface area (Å²) >= 11 is 0. The van der Waals surface area contributed by atoms with Gasteiger partial charge in [-0.3, -0.25) is 0 Å². The molecule has 0 spiro atoms. The molecule has 0 aliphatic heterocycles. The molecule has 0 aromatic carbocycles. The second kappa shape index (κ2) is 2.42. The number of hydrogen-bond acceptors (Lipinski definition) is 5. The maximum atomic E-state index is 9.29. The second-order valence-electron chi connectivity index (χ2n) is 2.27. The molecule has 0 amide bonds. The zero-order chi connectivity index (χ0) is 8.55. The van der Waals surface area contributed by atoms with Gasteiger partial charge in [0.15, 0.2) is 5.65 Å². The Hall–Kier alpha value is -1.69. The highest BCUT2D eigenvalue weighted by atomic mass is 16.3. The van der Waals surface area contributed by atoms with E-state index in [4.69, 9.17) is 5.73 Å². The van der Waals surface area contributed by atoms with Gasteiger partial charge in [0.2, 0.25) is 5.88 Å². The van der Waals surface area contributed by atoms with Crippen molar-refractivity contribution < 1.29 is 5.11 Å². The van der Waals surface area contributed by atoms with Crippen molar-refractivity contribution in [3.8, 4) is 5.88 Å². The zero-order valence-electron chi connectivity index (χ0n) is 6.15. The highest BCUT2D eigenvalue weighted by Gasteiger charge is 2.06. The standard InChI is InChI=1S/C6H7N5O/c7-1-3-10-5-4(6(12)11-3)8-2-9-5/h2H,1,7H2,(H2,8,9,10,11,12). The van der Waals surface area contributed by atoms with E-state index in [1.54, 1.807) is 0 Å². The maximum Gasteiger partial charge on any atom is 0.241 e. The van der Waals surface area contributed by atoms with Gasteiger partial charge in [-0.1, -0.05) is 0 Å². The van der Waals surface area contributed by atoms with E-state index >= 15 is 0 Å². The monoisotopic (exact) mass is 165 g/mol. The molecule has 0 unspecified atom stereocenters. The summed E-state index contributed by atoms with van der Waals surface area (Å²) in [5.41, 5.74) is 6.17. The van der Waals surface area contributed by atoms with E-state index in [-0.39, 0.29) is 12.4 Å². The average Bonchev–Trinajstić information content (AvgIpc) is 2.52. The lowest BCUT2D eigenvalue weighted by atomic mass is 10.5. The first kappa shape index (κ1) is 6.99. The van der Waals surface area contributed by atoms with Crippen LogP contribution in [0, 0.1) is 0 Å². The van der Waals surface area contributed by atoms with Crippen LogP contribution in [0.2, 0.25) is 0 Å². The van der Waals surface area contributed by atoms with Crippen molar-refractivity contribution in [3.63, 3.8) is 0 Å². The van der Waals surface area contributed by atoms with Crippen LogP contribution in [0.5, 0.6) is 5.88 Å². The Morgan fingerprint density at radius 1 is 1.50 bits per heavy atom. The van der Waals surface area contributed by atoms with Gasteiger partial charge in [-0.15, -0.1) is 0 Å². The zero-order valence-corrected chi connectivity index (χ0v) is 6.15. The van der Waals surface area contributed by atoms with E-state index in [1.165, 1.54) is 6.33 Å². The van der Waals surface area contributed by atoms with Crippen LogP contribution in [-0.2, 0) is 6.54 Å². The fraction of sp³-hybridized carbons (Fsp3) is 0.167. The first-order valence-corrected chi connectivity index (χ1v) is 3.40. The number of H-pyrrole nitrogens is 1. The van der Waals surface area contributed by atoms with Crippen molar-refractivity contribution in [2.75, 3.05) is 0 Å². The summed E-state index contributed by atoms with van der Waals surface area (Å²) in [7, 11) is 0. The van der Waals surface area contributed by atoms with Crippen LogP contribution in [0.4, 0.5) is 0 Å². The predicted octanol–water partition coefficient (Wildman–Crippen LogP) is -0.483. The van der Waals surface area contributed by atoms with E-state index in [0.717, 1.165) is 0 Å². The van der Waals surface area contributed by atoms with Crippen LogP contribution in [0.15, 0.2) is 6.33 Å². The minimum Gasteiger partial charge on any atom is -0.492 e. The fourth-order valence-electron chi connectivity index (χ4n) is 0.953. The molecular formula is C6H7N5O. The van der Waals surface area contributed by atoms with Gasteiger partial charge in [0.05, 0.1) is 12.9 Å². The summed E-state index contributed by atoms with van der Waals surface area (Å²) in [6.45, 7) is 0.191. The number of nitrogens with two attached hydrogens (primary N) is 1. The van der Waals surface area contributed by atoms with Gasteiger partial charge in [0, 0.05) is 0 Å². The number of imidazole rings is 1. The van der Waals surface area contributed by atoms with Crippen molar-refractivity contribution in [2.24, 2.45) is 5.73 Å². The van der Waals surface area contributed by atoms with Crippen molar-refractivity contribution in [1.29, 1.82) is 0 Å². The molecule has 12 heavy (non-hydrogen) atoms. The van der Waals surface area contributed by atoms with E-state index in [2.05, 4.69) is 19.9 Å². The molecule has 0 fully saturated rings. The number of aromatic amines is 1. The van der Waals surface area contributed by atoms with Gasteiger partial charge in [0.1, 0.15) is 11.3 Å².